The first-order chi connectivity index (χ1) is 14.6. The van der Waals surface area contributed by atoms with E-state index in [1.165, 1.54) is 6.08 Å². The maximum absolute atomic E-state index is 12.6. The topological polar surface area (TPSA) is 104 Å². The van der Waals surface area contributed by atoms with Crippen LogP contribution in [0, 0.1) is 22.7 Å². The first kappa shape index (κ1) is 20.4. The van der Waals surface area contributed by atoms with E-state index in [-0.39, 0.29) is 5.57 Å². The highest BCUT2D eigenvalue weighted by Crippen LogP contribution is 2.24. The molecule has 0 radical (unpaired) electrons. The highest BCUT2D eigenvalue weighted by Gasteiger charge is 2.14. The van der Waals surface area contributed by atoms with Gasteiger partial charge in [-0.1, -0.05) is 30.3 Å². The Morgan fingerprint density at radius 3 is 2.53 bits per heavy atom. The van der Waals surface area contributed by atoms with E-state index in [1.54, 1.807) is 42.3 Å². The molecule has 0 unspecified atom stereocenters. The molecule has 0 spiro atoms. The third-order valence-corrected chi connectivity index (χ3v) is 4.30. The molecule has 30 heavy (non-hydrogen) atoms. The summed E-state index contributed by atoms with van der Waals surface area (Å²) in [4.78, 5) is 12.6. The molecule has 3 rings (SSSR count). The smallest absolute Gasteiger partial charge is 0.266 e. The van der Waals surface area contributed by atoms with Crippen molar-refractivity contribution in [3.05, 3.63) is 71.9 Å². The van der Waals surface area contributed by atoms with Crippen molar-refractivity contribution in [2.45, 2.75) is 13.0 Å². The number of benzene rings is 2. The number of anilines is 1. The van der Waals surface area contributed by atoms with Gasteiger partial charge in [-0.15, -0.1) is 0 Å². The second kappa shape index (κ2) is 9.72. The van der Waals surface area contributed by atoms with E-state index in [4.69, 9.17) is 10.00 Å². The third kappa shape index (κ3) is 4.92. The van der Waals surface area contributed by atoms with Crippen LogP contribution in [-0.2, 0) is 11.3 Å². The molecule has 3 aromatic rings. The molecule has 0 aliphatic heterocycles. The quantitative estimate of drug-likeness (QED) is 0.479. The molecule has 0 aliphatic carbocycles. The summed E-state index contributed by atoms with van der Waals surface area (Å²) in [6, 6.07) is 20.4. The number of methoxy groups -OCH3 is 1. The van der Waals surface area contributed by atoms with Gasteiger partial charge in [-0.2, -0.15) is 15.6 Å². The SMILES string of the molecule is COc1ccc(NC(=O)/C(C#N)=C/c2cn(CCC#N)nc2-c2ccccc2)cc1. The van der Waals surface area contributed by atoms with Crippen molar-refractivity contribution < 1.29 is 9.53 Å². The summed E-state index contributed by atoms with van der Waals surface area (Å²) in [6.45, 7) is 0.421. The molecule has 1 aromatic heterocycles. The first-order valence-corrected chi connectivity index (χ1v) is 9.21. The van der Waals surface area contributed by atoms with Crippen molar-refractivity contribution in [1.29, 1.82) is 10.5 Å². The zero-order chi connectivity index (χ0) is 21.3. The first-order valence-electron chi connectivity index (χ1n) is 9.21. The Morgan fingerprint density at radius 1 is 1.17 bits per heavy atom. The van der Waals surface area contributed by atoms with Crippen LogP contribution in [0.15, 0.2) is 66.4 Å². The Balaban J connectivity index is 1.91. The number of nitriles is 2. The van der Waals surface area contributed by atoms with E-state index >= 15 is 0 Å². The Labute approximate surface area is 174 Å². The van der Waals surface area contributed by atoms with E-state index in [1.807, 2.05) is 36.4 Å². The van der Waals surface area contributed by atoms with Gasteiger partial charge in [-0.05, 0) is 30.3 Å². The minimum absolute atomic E-state index is 0.0529. The number of aromatic nitrogens is 2. The fraction of sp³-hybridized carbons (Fsp3) is 0.130. The second-order valence-corrected chi connectivity index (χ2v) is 6.32. The van der Waals surface area contributed by atoms with E-state index in [0.717, 1.165) is 5.56 Å². The molecular formula is C23H19N5O2. The number of hydrogen-bond donors (Lipinski definition) is 1. The van der Waals surface area contributed by atoms with Gasteiger partial charge >= 0.3 is 0 Å². The Hall–Kier alpha value is -4.36. The average Bonchev–Trinajstić information content (AvgIpc) is 3.19. The van der Waals surface area contributed by atoms with Gasteiger partial charge in [-0.3, -0.25) is 9.48 Å². The lowest BCUT2D eigenvalue weighted by Gasteiger charge is -2.05. The van der Waals surface area contributed by atoms with Gasteiger partial charge in [0, 0.05) is 23.0 Å². The molecule has 1 amide bonds. The normalized spacial score (nSPS) is 10.7. The molecule has 7 nitrogen and oxygen atoms in total. The minimum Gasteiger partial charge on any atom is -0.497 e. The van der Waals surface area contributed by atoms with E-state index in [9.17, 15) is 10.1 Å². The van der Waals surface area contributed by atoms with Crippen LogP contribution in [0.5, 0.6) is 5.75 Å². The number of carbonyl (C=O) groups excluding carboxylic acids is 1. The molecule has 0 saturated carbocycles. The van der Waals surface area contributed by atoms with Gasteiger partial charge < -0.3 is 10.1 Å². The molecule has 0 aliphatic rings. The van der Waals surface area contributed by atoms with Crippen molar-refractivity contribution in [3.63, 3.8) is 0 Å². The molecule has 0 fully saturated rings. The van der Waals surface area contributed by atoms with Gasteiger partial charge in [0.1, 0.15) is 17.4 Å². The molecule has 2 aromatic carbocycles. The fourth-order valence-corrected chi connectivity index (χ4v) is 2.82. The van der Waals surface area contributed by atoms with Crippen molar-refractivity contribution in [1.82, 2.24) is 9.78 Å². The van der Waals surface area contributed by atoms with Crippen LogP contribution in [-0.4, -0.2) is 22.8 Å². The zero-order valence-corrected chi connectivity index (χ0v) is 16.4. The summed E-state index contributed by atoms with van der Waals surface area (Å²) in [5, 5.41) is 25.6. The monoisotopic (exact) mass is 397 g/mol. The van der Waals surface area contributed by atoms with Gasteiger partial charge in [0.25, 0.3) is 5.91 Å². The van der Waals surface area contributed by atoms with Crippen LogP contribution in [0.2, 0.25) is 0 Å². The number of carbonyl (C=O) groups is 1. The maximum atomic E-state index is 12.6. The molecule has 0 bridgehead atoms. The molecule has 0 saturated heterocycles. The lowest BCUT2D eigenvalue weighted by molar-refractivity contribution is -0.112. The van der Waals surface area contributed by atoms with E-state index < -0.39 is 5.91 Å². The molecule has 148 valence electrons. The molecule has 1 heterocycles. The Kier molecular flexibility index (Phi) is 6.60. The highest BCUT2D eigenvalue weighted by molar-refractivity contribution is 6.10. The summed E-state index contributed by atoms with van der Waals surface area (Å²) in [6.07, 6.45) is 3.55. The highest BCUT2D eigenvalue weighted by atomic mass is 16.5. The average molecular weight is 397 g/mol. The minimum atomic E-state index is -0.522. The van der Waals surface area contributed by atoms with Crippen molar-refractivity contribution in [2.75, 3.05) is 12.4 Å². The number of ether oxygens (including phenoxy) is 1. The largest absolute Gasteiger partial charge is 0.497 e. The summed E-state index contributed by atoms with van der Waals surface area (Å²) in [5.74, 6) is 0.146. The fourth-order valence-electron chi connectivity index (χ4n) is 2.82. The van der Waals surface area contributed by atoms with E-state index in [0.29, 0.717) is 35.7 Å². The molecule has 0 atom stereocenters. The van der Waals surface area contributed by atoms with E-state index in [2.05, 4.69) is 16.5 Å². The predicted molar refractivity (Wildman–Crippen MR) is 113 cm³/mol. The van der Waals surface area contributed by atoms with Crippen LogP contribution >= 0.6 is 0 Å². The number of amides is 1. The number of aryl methyl sites for hydroxylation is 1. The van der Waals surface area contributed by atoms with Crippen molar-refractivity contribution in [3.8, 4) is 29.1 Å². The van der Waals surface area contributed by atoms with Crippen LogP contribution in [0.25, 0.3) is 17.3 Å². The van der Waals surface area contributed by atoms with Gasteiger partial charge in [0.15, 0.2) is 0 Å². The zero-order valence-electron chi connectivity index (χ0n) is 16.4. The number of rotatable bonds is 7. The summed E-state index contributed by atoms with van der Waals surface area (Å²) in [7, 11) is 1.56. The van der Waals surface area contributed by atoms with Crippen molar-refractivity contribution in [2.24, 2.45) is 0 Å². The van der Waals surface area contributed by atoms with Crippen LogP contribution < -0.4 is 10.1 Å². The summed E-state index contributed by atoms with van der Waals surface area (Å²) >= 11 is 0. The lowest BCUT2D eigenvalue weighted by Crippen LogP contribution is -2.13. The number of nitrogens with one attached hydrogen (secondary N) is 1. The molecule has 1 N–H and O–H groups in total. The lowest BCUT2D eigenvalue weighted by atomic mass is 10.1. The van der Waals surface area contributed by atoms with Gasteiger partial charge in [-0.25, -0.2) is 0 Å². The third-order valence-electron chi connectivity index (χ3n) is 4.30. The number of hydrogen-bond acceptors (Lipinski definition) is 5. The Bertz CT molecular complexity index is 1130. The molecular weight excluding hydrogens is 378 g/mol. The number of nitrogens with zero attached hydrogens (tertiary/aromatic N) is 4. The van der Waals surface area contributed by atoms with Gasteiger partial charge in [0.05, 0.1) is 31.8 Å². The summed E-state index contributed by atoms with van der Waals surface area (Å²) < 4.78 is 6.75. The van der Waals surface area contributed by atoms with Crippen LogP contribution in [0.1, 0.15) is 12.0 Å². The van der Waals surface area contributed by atoms with Crippen LogP contribution in [0.3, 0.4) is 0 Å². The predicted octanol–water partition coefficient (Wildman–Crippen LogP) is 4.02. The van der Waals surface area contributed by atoms with Crippen LogP contribution in [0.4, 0.5) is 5.69 Å². The second-order valence-electron chi connectivity index (χ2n) is 6.32. The standard InChI is InChI=1S/C23H19N5O2/c1-30-21-10-8-20(9-11-21)26-23(29)18(15-25)14-19-16-28(13-5-12-24)27-22(19)17-6-3-2-4-7-17/h2-4,6-11,14,16H,5,13H2,1H3,(H,26,29)/b18-14+. The summed E-state index contributed by atoms with van der Waals surface area (Å²) in [5.41, 5.74) is 2.61. The van der Waals surface area contributed by atoms with Gasteiger partial charge in [0.2, 0.25) is 0 Å². The maximum Gasteiger partial charge on any atom is 0.266 e. The molecule has 7 heteroatoms. The Morgan fingerprint density at radius 2 is 1.90 bits per heavy atom. The van der Waals surface area contributed by atoms with Crippen molar-refractivity contribution >= 4 is 17.7 Å².